The molecule has 0 spiro atoms. The van der Waals surface area contributed by atoms with Crippen molar-refractivity contribution in [2.24, 2.45) is 0 Å². The number of hydrogen-bond donors (Lipinski definition) is 3. The maximum atomic E-state index is 11.5. The molecule has 1 aromatic carbocycles. The first-order chi connectivity index (χ1) is 9.56. The van der Waals surface area contributed by atoms with Gasteiger partial charge in [-0.2, -0.15) is 0 Å². The Kier molecular flexibility index (Phi) is 4.20. The summed E-state index contributed by atoms with van der Waals surface area (Å²) in [5, 5.41) is 12.3. The van der Waals surface area contributed by atoms with E-state index in [0.29, 0.717) is 6.42 Å². The molecule has 0 saturated carbocycles. The Morgan fingerprint density at radius 1 is 1.35 bits per heavy atom. The minimum Gasteiger partial charge on any atom is -0.478 e. The average molecular weight is 272 g/mol. The molecule has 5 nitrogen and oxygen atoms in total. The molecule has 2 rings (SSSR count). The molecule has 1 aromatic heterocycles. The highest BCUT2D eigenvalue weighted by Crippen LogP contribution is 2.18. The third-order valence-corrected chi connectivity index (χ3v) is 2.97. The van der Waals surface area contributed by atoms with Gasteiger partial charge in [0.2, 0.25) is 5.91 Å². The SMILES string of the molecule is CC(Cc1c[nH]c2ccccc12)NC(=O)/C=C/C(=O)O. The summed E-state index contributed by atoms with van der Waals surface area (Å²) >= 11 is 0. The maximum Gasteiger partial charge on any atom is 0.328 e. The molecular formula is C15H16N2O3. The molecule has 104 valence electrons. The third kappa shape index (κ3) is 3.47. The van der Waals surface area contributed by atoms with E-state index >= 15 is 0 Å². The lowest BCUT2D eigenvalue weighted by molar-refractivity contribution is -0.131. The molecule has 0 aliphatic carbocycles. The second-order valence-electron chi connectivity index (χ2n) is 4.64. The van der Waals surface area contributed by atoms with E-state index in [1.54, 1.807) is 0 Å². The Morgan fingerprint density at radius 3 is 2.85 bits per heavy atom. The molecular weight excluding hydrogens is 256 g/mol. The predicted molar refractivity (Wildman–Crippen MR) is 76.4 cm³/mol. The molecule has 5 heteroatoms. The van der Waals surface area contributed by atoms with Gasteiger partial charge in [-0.15, -0.1) is 0 Å². The van der Waals surface area contributed by atoms with Gasteiger partial charge < -0.3 is 15.4 Å². The van der Waals surface area contributed by atoms with E-state index < -0.39 is 11.9 Å². The second-order valence-corrected chi connectivity index (χ2v) is 4.64. The first-order valence-corrected chi connectivity index (χ1v) is 6.33. The summed E-state index contributed by atoms with van der Waals surface area (Å²) in [4.78, 5) is 25.0. The zero-order valence-corrected chi connectivity index (χ0v) is 11.1. The molecule has 3 N–H and O–H groups in total. The monoisotopic (exact) mass is 272 g/mol. The molecule has 0 saturated heterocycles. The minimum atomic E-state index is -1.13. The van der Waals surface area contributed by atoms with Crippen LogP contribution in [0, 0.1) is 0 Å². The van der Waals surface area contributed by atoms with Crippen molar-refractivity contribution in [2.45, 2.75) is 19.4 Å². The van der Waals surface area contributed by atoms with Crippen LogP contribution in [0.2, 0.25) is 0 Å². The van der Waals surface area contributed by atoms with Crippen LogP contribution in [-0.2, 0) is 16.0 Å². The lowest BCUT2D eigenvalue weighted by atomic mass is 10.1. The van der Waals surface area contributed by atoms with Gasteiger partial charge in [0, 0.05) is 35.3 Å². The first kappa shape index (κ1) is 13.9. The van der Waals surface area contributed by atoms with Crippen LogP contribution in [0.5, 0.6) is 0 Å². The third-order valence-electron chi connectivity index (χ3n) is 2.97. The van der Waals surface area contributed by atoms with Crippen molar-refractivity contribution in [3.05, 3.63) is 48.2 Å². The minimum absolute atomic E-state index is 0.0832. The summed E-state index contributed by atoms with van der Waals surface area (Å²) < 4.78 is 0. The number of fused-ring (bicyclic) bond motifs is 1. The number of nitrogens with one attached hydrogen (secondary N) is 2. The van der Waals surface area contributed by atoms with Crippen molar-refractivity contribution in [2.75, 3.05) is 0 Å². The van der Waals surface area contributed by atoms with E-state index in [1.165, 1.54) is 0 Å². The van der Waals surface area contributed by atoms with E-state index in [2.05, 4.69) is 10.3 Å². The number of carbonyl (C=O) groups excluding carboxylic acids is 1. The summed E-state index contributed by atoms with van der Waals surface area (Å²) in [7, 11) is 0. The fourth-order valence-corrected chi connectivity index (χ4v) is 2.12. The van der Waals surface area contributed by atoms with Crippen LogP contribution in [-0.4, -0.2) is 28.0 Å². The zero-order chi connectivity index (χ0) is 14.5. The molecule has 0 fully saturated rings. The Labute approximate surface area is 116 Å². The van der Waals surface area contributed by atoms with E-state index in [1.807, 2.05) is 37.4 Å². The van der Waals surface area contributed by atoms with E-state index in [0.717, 1.165) is 28.6 Å². The molecule has 1 amide bonds. The van der Waals surface area contributed by atoms with Gasteiger partial charge >= 0.3 is 5.97 Å². The number of aromatic nitrogens is 1. The van der Waals surface area contributed by atoms with Crippen molar-refractivity contribution in [3.63, 3.8) is 0 Å². The number of H-pyrrole nitrogens is 1. The summed E-state index contributed by atoms with van der Waals surface area (Å²) in [6.07, 6.45) is 4.46. The number of aliphatic carboxylic acids is 1. The van der Waals surface area contributed by atoms with Gasteiger partial charge in [0.05, 0.1) is 0 Å². The molecule has 0 aliphatic heterocycles. The van der Waals surface area contributed by atoms with E-state index in [4.69, 9.17) is 5.11 Å². The summed E-state index contributed by atoms with van der Waals surface area (Å²) in [5.74, 6) is -1.54. The molecule has 0 bridgehead atoms. The first-order valence-electron chi connectivity index (χ1n) is 6.33. The Bertz CT molecular complexity index is 658. The highest BCUT2D eigenvalue weighted by Gasteiger charge is 2.09. The Morgan fingerprint density at radius 2 is 2.10 bits per heavy atom. The fourth-order valence-electron chi connectivity index (χ4n) is 2.12. The van der Waals surface area contributed by atoms with Gasteiger partial charge in [0.1, 0.15) is 0 Å². The summed E-state index contributed by atoms with van der Waals surface area (Å²) in [6, 6.07) is 7.88. The van der Waals surface area contributed by atoms with Crippen LogP contribution in [0.25, 0.3) is 10.9 Å². The van der Waals surface area contributed by atoms with Crippen molar-refractivity contribution in [3.8, 4) is 0 Å². The highest BCUT2D eigenvalue weighted by molar-refractivity contribution is 5.94. The average Bonchev–Trinajstić information content (AvgIpc) is 2.80. The summed E-state index contributed by atoms with van der Waals surface area (Å²) in [5.41, 5.74) is 2.18. The number of aromatic amines is 1. The van der Waals surface area contributed by atoms with Gasteiger partial charge in [-0.25, -0.2) is 4.79 Å². The van der Waals surface area contributed by atoms with Gasteiger partial charge in [0.15, 0.2) is 0 Å². The van der Waals surface area contributed by atoms with Crippen LogP contribution in [0.1, 0.15) is 12.5 Å². The molecule has 2 aromatic rings. The van der Waals surface area contributed by atoms with Crippen LogP contribution >= 0.6 is 0 Å². The standard InChI is InChI=1S/C15H16N2O3/c1-10(17-14(18)6-7-15(19)20)8-11-9-16-13-5-3-2-4-12(11)13/h2-7,9-10,16H,8H2,1H3,(H,17,18)(H,19,20)/b7-6+. The van der Waals surface area contributed by atoms with Crippen LogP contribution in [0.4, 0.5) is 0 Å². The lowest BCUT2D eigenvalue weighted by Gasteiger charge is -2.11. The maximum absolute atomic E-state index is 11.5. The number of amides is 1. The number of benzene rings is 1. The number of carboxylic acids is 1. The molecule has 1 atom stereocenters. The molecule has 1 unspecified atom stereocenters. The number of carbonyl (C=O) groups is 2. The van der Waals surface area contributed by atoms with Crippen molar-refractivity contribution in [1.29, 1.82) is 0 Å². The Hall–Kier alpha value is -2.56. The smallest absolute Gasteiger partial charge is 0.328 e. The van der Waals surface area contributed by atoms with Gasteiger partial charge in [-0.05, 0) is 25.0 Å². The van der Waals surface area contributed by atoms with Gasteiger partial charge in [-0.1, -0.05) is 18.2 Å². The van der Waals surface area contributed by atoms with Crippen molar-refractivity contribution >= 4 is 22.8 Å². The fraction of sp³-hybridized carbons (Fsp3) is 0.200. The summed E-state index contributed by atoms with van der Waals surface area (Å²) in [6.45, 7) is 1.88. The second kappa shape index (κ2) is 6.06. The van der Waals surface area contributed by atoms with E-state index in [9.17, 15) is 9.59 Å². The number of rotatable bonds is 5. The van der Waals surface area contributed by atoms with Crippen LogP contribution < -0.4 is 5.32 Å². The molecule has 1 heterocycles. The number of para-hydroxylation sites is 1. The highest BCUT2D eigenvalue weighted by atomic mass is 16.4. The van der Waals surface area contributed by atoms with Crippen LogP contribution in [0.3, 0.4) is 0 Å². The van der Waals surface area contributed by atoms with Crippen molar-refractivity contribution < 1.29 is 14.7 Å². The van der Waals surface area contributed by atoms with Crippen LogP contribution in [0.15, 0.2) is 42.6 Å². The Balaban J connectivity index is 1.99. The normalized spacial score (nSPS) is 12.7. The molecule has 20 heavy (non-hydrogen) atoms. The quantitative estimate of drug-likeness (QED) is 0.726. The van der Waals surface area contributed by atoms with Crippen molar-refractivity contribution in [1.82, 2.24) is 10.3 Å². The number of carboxylic acid groups (broad SMARTS) is 1. The molecule has 0 radical (unpaired) electrons. The van der Waals surface area contributed by atoms with E-state index in [-0.39, 0.29) is 6.04 Å². The lowest BCUT2D eigenvalue weighted by Crippen LogP contribution is -2.32. The largest absolute Gasteiger partial charge is 0.478 e. The topological polar surface area (TPSA) is 82.2 Å². The zero-order valence-electron chi connectivity index (χ0n) is 11.1. The van der Waals surface area contributed by atoms with Gasteiger partial charge in [-0.3, -0.25) is 4.79 Å². The number of hydrogen-bond acceptors (Lipinski definition) is 2. The predicted octanol–water partition coefficient (Wildman–Crippen LogP) is 1.86. The molecule has 0 aliphatic rings. The van der Waals surface area contributed by atoms with Gasteiger partial charge in [0.25, 0.3) is 0 Å².